The number of hydrogen-bond acceptors (Lipinski definition) is 3. The summed E-state index contributed by atoms with van der Waals surface area (Å²) in [5, 5.41) is 0.780. The van der Waals surface area contributed by atoms with Crippen molar-refractivity contribution < 1.29 is 9.53 Å². The summed E-state index contributed by atoms with van der Waals surface area (Å²) >= 11 is 12.0. The number of rotatable bonds is 3. The van der Waals surface area contributed by atoms with Crippen molar-refractivity contribution in [2.75, 3.05) is 13.2 Å². The topological polar surface area (TPSA) is 38.7 Å². The minimum atomic E-state index is -0.509. The van der Waals surface area contributed by atoms with Gasteiger partial charge in [0.15, 0.2) is 5.71 Å². The van der Waals surface area contributed by atoms with E-state index in [-0.39, 0.29) is 10.7 Å². The van der Waals surface area contributed by atoms with Crippen molar-refractivity contribution in [1.29, 1.82) is 0 Å². The Morgan fingerprint density at radius 3 is 2.75 bits per heavy atom. The number of allylic oxidation sites excluding steroid dienone is 2. The van der Waals surface area contributed by atoms with Crippen LogP contribution in [0.25, 0.3) is 0 Å². The predicted molar refractivity (Wildman–Crippen MR) is 66.0 cm³/mol. The van der Waals surface area contributed by atoms with E-state index in [1.165, 1.54) is 0 Å². The van der Waals surface area contributed by atoms with Crippen molar-refractivity contribution in [3.8, 4) is 0 Å². The van der Waals surface area contributed by atoms with E-state index in [4.69, 9.17) is 27.9 Å². The van der Waals surface area contributed by atoms with Crippen LogP contribution in [0.5, 0.6) is 0 Å². The predicted octanol–water partition coefficient (Wildman–Crippen LogP) is 3.03. The van der Waals surface area contributed by atoms with Crippen LogP contribution in [0.15, 0.2) is 26.7 Å². The first-order valence-corrected chi connectivity index (χ1v) is 5.82. The lowest BCUT2D eigenvalue weighted by atomic mass is 10.2. The van der Waals surface area contributed by atoms with E-state index in [1.807, 2.05) is 6.92 Å². The molecule has 0 N–H and O–H groups in total. The number of carbonyl (C=O) groups excluding carboxylic acids is 1. The molecule has 0 aromatic rings. The Morgan fingerprint density at radius 1 is 1.50 bits per heavy atom. The second-order valence-corrected chi connectivity index (χ2v) is 4.00. The quantitative estimate of drug-likeness (QED) is 0.733. The molecule has 0 saturated carbocycles. The zero-order chi connectivity index (χ0) is 12.1. The highest BCUT2D eigenvalue weighted by Crippen LogP contribution is 2.22. The van der Waals surface area contributed by atoms with E-state index in [9.17, 15) is 4.79 Å². The fourth-order valence-electron chi connectivity index (χ4n) is 1.25. The highest BCUT2D eigenvalue weighted by molar-refractivity contribution is 6.58. The number of nitrogens with zero attached hydrogens (tertiary/aromatic N) is 1. The summed E-state index contributed by atoms with van der Waals surface area (Å²) in [6.07, 6.45) is 2.32. The molecule has 5 heteroatoms. The Labute approximate surface area is 105 Å². The fourth-order valence-corrected chi connectivity index (χ4v) is 1.85. The molecule has 88 valence electrons. The molecule has 0 aliphatic carbocycles. The number of halogens is 2. The van der Waals surface area contributed by atoms with Crippen molar-refractivity contribution in [3.63, 3.8) is 0 Å². The Balaban J connectivity index is 2.97. The van der Waals surface area contributed by atoms with Crippen LogP contribution < -0.4 is 0 Å². The van der Waals surface area contributed by atoms with Gasteiger partial charge in [-0.05, 0) is 25.0 Å². The first kappa shape index (κ1) is 13.3. The number of esters is 1. The number of carbonyl (C=O) groups is 1. The van der Waals surface area contributed by atoms with Crippen LogP contribution in [0.3, 0.4) is 0 Å². The third-order valence-corrected chi connectivity index (χ3v) is 2.81. The van der Waals surface area contributed by atoms with Crippen LogP contribution in [0, 0.1) is 0 Å². The molecule has 0 fully saturated rings. The van der Waals surface area contributed by atoms with Crippen molar-refractivity contribution in [1.82, 2.24) is 0 Å². The molecular weight excluding hydrogens is 249 g/mol. The van der Waals surface area contributed by atoms with Crippen LogP contribution >= 0.6 is 23.2 Å². The molecule has 0 unspecified atom stereocenters. The number of hydrogen-bond donors (Lipinski definition) is 0. The first-order chi connectivity index (χ1) is 7.60. The molecule has 16 heavy (non-hydrogen) atoms. The van der Waals surface area contributed by atoms with E-state index < -0.39 is 5.97 Å². The molecule has 1 aliphatic heterocycles. The Morgan fingerprint density at radius 2 is 2.19 bits per heavy atom. The molecular formula is C11H13Cl2NO2. The smallest absolute Gasteiger partial charge is 0.358 e. The van der Waals surface area contributed by atoms with Crippen LogP contribution in [-0.2, 0) is 9.53 Å². The summed E-state index contributed by atoms with van der Waals surface area (Å²) in [5.41, 5.74) is 1.10. The van der Waals surface area contributed by atoms with Crippen molar-refractivity contribution in [3.05, 3.63) is 21.7 Å². The molecule has 0 aromatic carbocycles. The average molecular weight is 262 g/mol. The van der Waals surface area contributed by atoms with E-state index >= 15 is 0 Å². The van der Waals surface area contributed by atoms with Crippen LogP contribution in [0.2, 0.25) is 0 Å². The molecule has 0 bridgehead atoms. The van der Waals surface area contributed by atoms with Gasteiger partial charge in [0.05, 0.1) is 18.2 Å². The van der Waals surface area contributed by atoms with E-state index in [1.54, 1.807) is 13.0 Å². The highest BCUT2D eigenvalue weighted by atomic mass is 35.5. The summed E-state index contributed by atoms with van der Waals surface area (Å²) in [7, 11) is 0. The van der Waals surface area contributed by atoms with Gasteiger partial charge in [-0.3, -0.25) is 4.99 Å². The average Bonchev–Trinajstić information content (AvgIpc) is 2.37. The Kier molecular flexibility index (Phi) is 5.03. The molecule has 0 radical (unpaired) electrons. The monoisotopic (exact) mass is 261 g/mol. The van der Waals surface area contributed by atoms with Crippen molar-refractivity contribution in [2.24, 2.45) is 4.99 Å². The zero-order valence-electron chi connectivity index (χ0n) is 9.22. The van der Waals surface area contributed by atoms with Gasteiger partial charge in [0.25, 0.3) is 0 Å². The summed E-state index contributed by atoms with van der Waals surface area (Å²) in [6, 6.07) is 0. The van der Waals surface area contributed by atoms with Gasteiger partial charge in [-0.25, -0.2) is 4.79 Å². The van der Waals surface area contributed by atoms with Gasteiger partial charge in [0, 0.05) is 5.03 Å². The minimum Gasteiger partial charge on any atom is -0.461 e. The zero-order valence-corrected chi connectivity index (χ0v) is 10.7. The molecule has 0 atom stereocenters. The molecule has 0 aromatic heterocycles. The minimum absolute atomic E-state index is 0.144. The fraction of sp³-hybridized carbons (Fsp3) is 0.455. The van der Waals surface area contributed by atoms with E-state index in [2.05, 4.69) is 4.99 Å². The molecule has 0 amide bonds. The van der Waals surface area contributed by atoms with Crippen molar-refractivity contribution in [2.45, 2.75) is 20.3 Å². The summed E-state index contributed by atoms with van der Waals surface area (Å²) < 4.78 is 4.85. The second-order valence-electron chi connectivity index (χ2n) is 3.18. The summed E-state index contributed by atoms with van der Waals surface area (Å²) in [5.74, 6) is -0.509. The third-order valence-electron chi connectivity index (χ3n) is 2.14. The van der Waals surface area contributed by atoms with Crippen LogP contribution in [-0.4, -0.2) is 24.8 Å². The second kappa shape index (κ2) is 6.06. The lowest BCUT2D eigenvalue weighted by Gasteiger charge is -2.03. The standard InChI is InChI=1S/C11H13Cl2NO2/c1-3-7-6-14-10(11(15)16-4-2)9(13)5-8(7)12/h5H,3-4,6H2,1-2H3. The van der Waals surface area contributed by atoms with Gasteiger partial charge in [0.1, 0.15) is 0 Å². The van der Waals surface area contributed by atoms with Gasteiger partial charge in [-0.2, -0.15) is 0 Å². The Bertz CT molecular complexity index is 383. The van der Waals surface area contributed by atoms with E-state index in [0.717, 1.165) is 12.0 Å². The van der Waals surface area contributed by atoms with Gasteiger partial charge in [0.2, 0.25) is 0 Å². The maximum absolute atomic E-state index is 11.5. The van der Waals surface area contributed by atoms with Crippen LogP contribution in [0.1, 0.15) is 20.3 Å². The van der Waals surface area contributed by atoms with Gasteiger partial charge in [-0.1, -0.05) is 30.1 Å². The number of aliphatic imine (C=N–C) groups is 1. The van der Waals surface area contributed by atoms with Gasteiger partial charge < -0.3 is 4.74 Å². The van der Waals surface area contributed by atoms with Gasteiger partial charge >= 0.3 is 5.97 Å². The molecule has 3 nitrogen and oxygen atoms in total. The third kappa shape index (κ3) is 3.09. The molecule has 1 aliphatic rings. The summed E-state index contributed by atoms with van der Waals surface area (Å²) in [6.45, 7) is 4.39. The molecule has 0 spiro atoms. The van der Waals surface area contributed by atoms with Gasteiger partial charge in [-0.15, -0.1) is 0 Å². The lowest BCUT2D eigenvalue weighted by molar-refractivity contribution is -0.134. The van der Waals surface area contributed by atoms with Crippen molar-refractivity contribution >= 4 is 34.9 Å². The highest BCUT2D eigenvalue weighted by Gasteiger charge is 2.19. The summed E-state index contributed by atoms with van der Waals surface area (Å²) in [4.78, 5) is 15.6. The largest absolute Gasteiger partial charge is 0.461 e. The van der Waals surface area contributed by atoms with Crippen LogP contribution in [0.4, 0.5) is 0 Å². The maximum Gasteiger partial charge on any atom is 0.358 e. The first-order valence-electron chi connectivity index (χ1n) is 5.06. The van der Waals surface area contributed by atoms with E-state index in [0.29, 0.717) is 18.2 Å². The molecule has 1 heterocycles. The molecule has 0 saturated heterocycles. The Hall–Kier alpha value is -0.800. The molecule has 1 rings (SSSR count). The lowest BCUT2D eigenvalue weighted by Crippen LogP contribution is -2.18. The normalized spacial score (nSPS) is 16.5. The number of ether oxygens (including phenoxy) is 1. The maximum atomic E-state index is 11.5. The SMILES string of the molecule is CCOC(=O)C1=NCC(CC)=C(Cl)C=C1Cl.